The van der Waals surface area contributed by atoms with Crippen LogP contribution in [-0.4, -0.2) is 61.2 Å². The lowest BCUT2D eigenvalue weighted by Crippen LogP contribution is -2.35. The van der Waals surface area contributed by atoms with E-state index in [1.807, 2.05) is 35.7 Å². The molecule has 7 heteroatoms. The molecule has 0 radical (unpaired) electrons. The second kappa shape index (κ2) is 9.64. The lowest BCUT2D eigenvalue weighted by Gasteiger charge is -2.25. The van der Waals surface area contributed by atoms with Crippen molar-refractivity contribution < 1.29 is 14.3 Å². The van der Waals surface area contributed by atoms with Crippen molar-refractivity contribution >= 4 is 23.3 Å². The van der Waals surface area contributed by atoms with Gasteiger partial charge in [-0.05, 0) is 23.8 Å². The monoisotopic (exact) mass is 387 g/mol. The SMILES string of the molecule is COc1ccc(/C=C/C(=O)N(C)Cc2csc(CN3CCOCC3)n2)cc1. The number of nitrogens with zero attached hydrogens (tertiary/aromatic N) is 3. The summed E-state index contributed by atoms with van der Waals surface area (Å²) >= 11 is 1.65. The summed E-state index contributed by atoms with van der Waals surface area (Å²) in [5.74, 6) is 0.751. The normalized spacial score (nSPS) is 15.2. The Morgan fingerprint density at radius 2 is 2.07 bits per heavy atom. The standard InChI is InChI=1S/C20H25N3O3S/c1-22(20(24)8-5-16-3-6-18(25-2)7-4-16)13-17-15-27-19(21-17)14-23-9-11-26-12-10-23/h3-8,15H,9-14H2,1-2H3/b8-5+. The molecule has 0 unspecified atom stereocenters. The maximum absolute atomic E-state index is 12.3. The molecule has 1 amide bonds. The molecule has 2 aromatic rings. The molecule has 0 saturated carbocycles. The quantitative estimate of drug-likeness (QED) is 0.684. The van der Waals surface area contributed by atoms with Crippen LogP contribution in [0.3, 0.4) is 0 Å². The van der Waals surface area contributed by atoms with Gasteiger partial charge < -0.3 is 14.4 Å². The summed E-state index contributed by atoms with van der Waals surface area (Å²) in [5.41, 5.74) is 1.89. The summed E-state index contributed by atoms with van der Waals surface area (Å²) in [6.45, 7) is 4.83. The van der Waals surface area contributed by atoms with Crippen LogP contribution in [0, 0.1) is 0 Å². The van der Waals surface area contributed by atoms with Crippen molar-refractivity contribution in [3.8, 4) is 5.75 Å². The van der Waals surface area contributed by atoms with Gasteiger partial charge >= 0.3 is 0 Å². The maximum Gasteiger partial charge on any atom is 0.246 e. The summed E-state index contributed by atoms with van der Waals surface area (Å²) < 4.78 is 10.5. The number of thiazole rings is 1. The van der Waals surface area contributed by atoms with E-state index in [4.69, 9.17) is 9.47 Å². The molecule has 144 valence electrons. The highest BCUT2D eigenvalue weighted by molar-refractivity contribution is 7.09. The molecule has 6 nitrogen and oxygen atoms in total. The molecule has 2 heterocycles. The van der Waals surface area contributed by atoms with Crippen molar-refractivity contribution in [1.29, 1.82) is 0 Å². The molecule has 1 aromatic heterocycles. The van der Waals surface area contributed by atoms with Crippen molar-refractivity contribution in [2.24, 2.45) is 0 Å². The lowest BCUT2D eigenvalue weighted by molar-refractivity contribution is -0.125. The third-order valence-electron chi connectivity index (χ3n) is 4.37. The van der Waals surface area contributed by atoms with Gasteiger partial charge in [-0.2, -0.15) is 0 Å². The number of likely N-dealkylation sites (N-methyl/N-ethyl adjacent to an activating group) is 1. The molecule has 1 saturated heterocycles. The molecular weight excluding hydrogens is 362 g/mol. The number of carbonyl (C=O) groups excluding carboxylic acids is 1. The van der Waals surface area contributed by atoms with E-state index in [0.717, 1.165) is 54.9 Å². The molecule has 0 N–H and O–H groups in total. The van der Waals surface area contributed by atoms with Crippen LogP contribution < -0.4 is 4.74 Å². The third kappa shape index (κ3) is 5.89. The smallest absolute Gasteiger partial charge is 0.246 e. The number of ether oxygens (including phenoxy) is 2. The largest absolute Gasteiger partial charge is 0.497 e. The van der Waals surface area contributed by atoms with Gasteiger partial charge in [0.25, 0.3) is 0 Å². The Labute approximate surface area is 164 Å². The summed E-state index contributed by atoms with van der Waals surface area (Å²) in [6, 6.07) is 7.58. The Hall–Kier alpha value is -2.22. The molecule has 0 atom stereocenters. The van der Waals surface area contributed by atoms with Gasteiger partial charge in [0.2, 0.25) is 5.91 Å². The summed E-state index contributed by atoms with van der Waals surface area (Å²) in [4.78, 5) is 21.0. The Bertz CT molecular complexity index is 767. The molecule has 1 aliphatic heterocycles. The Balaban J connectivity index is 1.50. The molecule has 3 rings (SSSR count). The number of carbonyl (C=O) groups is 1. The fourth-order valence-corrected chi connectivity index (χ4v) is 3.60. The van der Waals surface area contributed by atoms with Gasteiger partial charge in [-0.3, -0.25) is 9.69 Å². The van der Waals surface area contributed by atoms with Crippen LogP contribution in [0.5, 0.6) is 5.75 Å². The van der Waals surface area contributed by atoms with Gasteiger partial charge in [-0.25, -0.2) is 4.98 Å². The van der Waals surface area contributed by atoms with Gasteiger partial charge in [0.05, 0.1) is 39.1 Å². The zero-order chi connectivity index (χ0) is 19.1. The predicted octanol–water partition coefficient (Wildman–Crippen LogP) is 2.66. The zero-order valence-corrected chi connectivity index (χ0v) is 16.6. The van der Waals surface area contributed by atoms with Crippen LogP contribution in [0.2, 0.25) is 0 Å². The lowest BCUT2D eigenvalue weighted by atomic mass is 10.2. The van der Waals surface area contributed by atoms with Gasteiger partial charge in [0.1, 0.15) is 10.8 Å². The van der Waals surface area contributed by atoms with Gasteiger partial charge in [-0.1, -0.05) is 12.1 Å². The van der Waals surface area contributed by atoms with Crippen molar-refractivity contribution in [2.45, 2.75) is 13.1 Å². The van der Waals surface area contributed by atoms with Crippen LogP contribution in [-0.2, 0) is 22.6 Å². The Kier molecular flexibility index (Phi) is 6.98. The van der Waals surface area contributed by atoms with E-state index in [1.54, 1.807) is 36.5 Å². The fraction of sp³-hybridized carbons (Fsp3) is 0.400. The summed E-state index contributed by atoms with van der Waals surface area (Å²) in [7, 11) is 3.43. The predicted molar refractivity (Wildman–Crippen MR) is 107 cm³/mol. The number of methoxy groups -OCH3 is 1. The first-order chi connectivity index (χ1) is 13.1. The average Bonchev–Trinajstić information content (AvgIpc) is 3.14. The van der Waals surface area contributed by atoms with Crippen LogP contribution in [0.15, 0.2) is 35.7 Å². The fourth-order valence-electron chi connectivity index (χ4n) is 2.78. The van der Waals surface area contributed by atoms with Crippen LogP contribution in [0.1, 0.15) is 16.3 Å². The topological polar surface area (TPSA) is 54.9 Å². The summed E-state index contributed by atoms with van der Waals surface area (Å²) in [5, 5.41) is 3.12. The first kappa shape index (κ1) is 19.5. The molecular formula is C20H25N3O3S. The van der Waals surface area contributed by atoms with E-state index in [2.05, 4.69) is 9.88 Å². The number of hydrogen-bond acceptors (Lipinski definition) is 6. The van der Waals surface area contributed by atoms with Crippen molar-refractivity contribution in [2.75, 3.05) is 40.5 Å². The van der Waals surface area contributed by atoms with E-state index in [9.17, 15) is 4.79 Å². The van der Waals surface area contributed by atoms with E-state index < -0.39 is 0 Å². The van der Waals surface area contributed by atoms with Crippen LogP contribution in [0.25, 0.3) is 6.08 Å². The zero-order valence-electron chi connectivity index (χ0n) is 15.8. The average molecular weight is 388 g/mol. The highest BCUT2D eigenvalue weighted by atomic mass is 32.1. The summed E-state index contributed by atoms with van der Waals surface area (Å²) in [6.07, 6.45) is 3.39. The van der Waals surface area contributed by atoms with E-state index in [-0.39, 0.29) is 5.91 Å². The minimum atomic E-state index is -0.0476. The molecule has 1 fully saturated rings. The number of amides is 1. The Morgan fingerprint density at radius 3 is 2.78 bits per heavy atom. The number of rotatable bonds is 7. The Morgan fingerprint density at radius 1 is 1.33 bits per heavy atom. The highest BCUT2D eigenvalue weighted by Crippen LogP contribution is 2.15. The van der Waals surface area contributed by atoms with Crippen molar-refractivity contribution in [1.82, 2.24) is 14.8 Å². The van der Waals surface area contributed by atoms with E-state index >= 15 is 0 Å². The van der Waals surface area contributed by atoms with Crippen LogP contribution >= 0.6 is 11.3 Å². The molecule has 0 spiro atoms. The highest BCUT2D eigenvalue weighted by Gasteiger charge is 2.14. The first-order valence-electron chi connectivity index (χ1n) is 8.94. The molecule has 0 bridgehead atoms. The third-order valence-corrected chi connectivity index (χ3v) is 5.25. The number of aromatic nitrogens is 1. The maximum atomic E-state index is 12.3. The van der Waals surface area contributed by atoms with Crippen LogP contribution in [0.4, 0.5) is 0 Å². The number of hydrogen-bond donors (Lipinski definition) is 0. The minimum Gasteiger partial charge on any atom is -0.497 e. The van der Waals surface area contributed by atoms with Gasteiger partial charge in [0.15, 0.2) is 0 Å². The second-order valence-corrected chi connectivity index (χ2v) is 7.36. The van der Waals surface area contributed by atoms with Gasteiger partial charge in [0, 0.05) is 31.6 Å². The van der Waals surface area contributed by atoms with Gasteiger partial charge in [-0.15, -0.1) is 11.3 Å². The minimum absolute atomic E-state index is 0.0476. The molecule has 27 heavy (non-hydrogen) atoms. The number of benzene rings is 1. The number of morpholine rings is 1. The van der Waals surface area contributed by atoms with Crippen molar-refractivity contribution in [3.63, 3.8) is 0 Å². The first-order valence-corrected chi connectivity index (χ1v) is 9.82. The second-order valence-electron chi connectivity index (χ2n) is 6.42. The molecule has 0 aliphatic carbocycles. The van der Waals surface area contributed by atoms with Crippen molar-refractivity contribution in [3.05, 3.63) is 52.0 Å². The van der Waals surface area contributed by atoms with E-state index in [0.29, 0.717) is 6.54 Å². The van der Waals surface area contributed by atoms with E-state index in [1.165, 1.54) is 0 Å². The molecule has 1 aromatic carbocycles. The molecule has 1 aliphatic rings.